The van der Waals surface area contributed by atoms with Crippen LogP contribution in [0.5, 0.6) is 0 Å². The SMILES string of the molecule is CCCCC1=Cc2c(-c3ccccc3C(C)CC)cccc2[CH]1[Zr]([Cl])([Cl])([B](NC=O)NC=O)[CH]1C(CCCC)=Cc2c(-c3ccccc3C(C)CC)cccc21. The molecule has 2 aliphatic carbocycles. The number of fused-ring (bicyclic) bond motifs is 2. The average Bonchev–Trinajstić information content (AvgIpc) is 3.81. The summed E-state index contributed by atoms with van der Waals surface area (Å²) in [5, 5.41) is 6.08. The average molecular weight is 868 g/mol. The molecule has 0 aromatic heterocycles. The van der Waals surface area contributed by atoms with Crippen molar-refractivity contribution >= 4 is 46.5 Å². The van der Waals surface area contributed by atoms with Gasteiger partial charge in [-0.15, -0.1) is 0 Å². The van der Waals surface area contributed by atoms with Crippen LogP contribution in [-0.2, 0) is 25.8 Å². The van der Waals surface area contributed by atoms with E-state index in [1.165, 1.54) is 44.5 Å². The van der Waals surface area contributed by atoms with Crippen molar-refractivity contribution in [3.8, 4) is 22.3 Å². The fourth-order valence-electron chi connectivity index (χ4n) is 9.68. The maximum absolute atomic E-state index is 12.7. The third-order valence-corrected chi connectivity index (χ3v) is 32.9. The third kappa shape index (κ3) is 7.60. The number of unbranched alkanes of at least 4 members (excludes halogenated alkanes) is 2. The van der Waals surface area contributed by atoms with Crippen LogP contribution < -0.4 is 10.5 Å². The molecule has 0 saturated carbocycles. The van der Waals surface area contributed by atoms with E-state index in [0.717, 1.165) is 73.6 Å². The van der Waals surface area contributed by atoms with Crippen LogP contribution in [0.1, 0.15) is 145 Å². The normalized spacial score (nSPS) is 17.8. The molecule has 4 aromatic carbocycles. The predicted molar refractivity (Wildman–Crippen MR) is 238 cm³/mol. The molecule has 4 aromatic rings. The van der Waals surface area contributed by atoms with Gasteiger partial charge in [0.2, 0.25) is 0 Å². The number of hydrogen-bond donors (Lipinski definition) is 2. The van der Waals surface area contributed by atoms with Crippen molar-refractivity contribution in [2.45, 2.75) is 112 Å². The summed E-state index contributed by atoms with van der Waals surface area (Å²) < 4.78 is -1.69. The zero-order valence-corrected chi connectivity index (χ0v) is 38.0. The molecule has 2 aliphatic rings. The number of amides is 2. The molecule has 4 atom stereocenters. The Balaban J connectivity index is 1.68. The molecule has 4 unspecified atom stereocenters. The number of halogens is 2. The zero-order chi connectivity index (χ0) is 40.1. The Bertz CT molecular complexity index is 1980. The second-order valence-electron chi connectivity index (χ2n) is 16.1. The topological polar surface area (TPSA) is 58.2 Å². The molecule has 2 amide bonds. The molecule has 0 fully saturated rings. The summed E-state index contributed by atoms with van der Waals surface area (Å²) >= 11 is -5.91. The molecule has 0 heterocycles. The van der Waals surface area contributed by atoms with E-state index in [-0.39, 0.29) is 7.25 Å². The second kappa shape index (κ2) is 18.2. The van der Waals surface area contributed by atoms with Gasteiger partial charge in [-0.3, -0.25) is 0 Å². The Morgan fingerprint density at radius 1 is 0.607 bits per heavy atom. The minimum absolute atomic E-state index is 0.376. The molecular formula is C48H58BCl2N2O2Zr. The number of carbonyl (C=O) groups excluding carboxylic acids is 2. The zero-order valence-electron chi connectivity index (χ0n) is 34.0. The Morgan fingerprint density at radius 2 is 1.00 bits per heavy atom. The fraction of sp³-hybridized carbons (Fsp3) is 0.375. The molecule has 293 valence electrons. The van der Waals surface area contributed by atoms with Gasteiger partial charge in [-0.1, -0.05) is 0 Å². The number of rotatable bonds is 19. The van der Waals surface area contributed by atoms with Gasteiger partial charge in [-0.2, -0.15) is 0 Å². The number of benzene rings is 4. The van der Waals surface area contributed by atoms with Crippen molar-refractivity contribution < 1.29 is 25.8 Å². The summed E-state index contributed by atoms with van der Waals surface area (Å²) in [5.74, 6) is 0.764. The quantitative estimate of drug-likeness (QED) is 0.0729. The number of carbonyl (C=O) groups is 2. The third-order valence-electron chi connectivity index (χ3n) is 12.9. The monoisotopic (exact) mass is 865 g/mol. The van der Waals surface area contributed by atoms with Gasteiger partial charge in [-0.05, 0) is 0 Å². The van der Waals surface area contributed by atoms with Gasteiger partial charge in [0.1, 0.15) is 0 Å². The number of allylic oxidation sites excluding steroid dienone is 2. The van der Waals surface area contributed by atoms with Gasteiger partial charge in [-0.25, -0.2) is 0 Å². The standard InChI is InChI=1S/2C23H27.C2H3BN2O2.2ClH.Zr/c2*1-4-6-10-18-15-19-11-9-14-22(23(19)16-18)21-13-8-7-12-20(21)17(3)5-2;6-1-4-3-5-2-7;;;/h2*7-9,11-17H,4-6,10H2,1-3H3;1-2H,(H-,4,5,6,7);2*1H;/q;;;;;+1/p-1. The number of nitrogens with one attached hydrogen (secondary N) is 2. The van der Waals surface area contributed by atoms with E-state index < -0.39 is 20.7 Å². The van der Waals surface area contributed by atoms with Crippen molar-refractivity contribution in [2.75, 3.05) is 0 Å². The summed E-state index contributed by atoms with van der Waals surface area (Å²) in [6.45, 7) is 13.5. The minimum atomic E-state index is -5.91. The van der Waals surface area contributed by atoms with E-state index in [9.17, 15) is 9.59 Å². The first-order valence-electron chi connectivity index (χ1n) is 20.9. The maximum atomic E-state index is 12.7. The fourth-order valence-corrected chi connectivity index (χ4v) is 30.4. The Labute approximate surface area is 344 Å². The first-order chi connectivity index (χ1) is 27.1. The second-order valence-corrected chi connectivity index (χ2v) is 37.6. The number of hydrogen-bond acceptors (Lipinski definition) is 2. The van der Waals surface area contributed by atoms with Crippen LogP contribution in [0.2, 0.25) is 0 Å². The molecular weight excluding hydrogens is 809 g/mol. The summed E-state index contributed by atoms with van der Waals surface area (Å²) in [7, 11) is 17.6. The Kier molecular flexibility index (Phi) is 13.8. The molecule has 0 bridgehead atoms. The van der Waals surface area contributed by atoms with Gasteiger partial charge < -0.3 is 0 Å². The van der Waals surface area contributed by atoms with Gasteiger partial charge in [0.15, 0.2) is 0 Å². The molecule has 6 rings (SSSR count). The molecule has 0 spiro atoms. The van der Waals surface area contributed by atoms with Gasteiger partial charge in [0.05, 0.1) is 0 Å². The van der Waals surface area contributed by atoms with Crippen molar-refractivity contribution in [1.29, 1.82) is 0 Å². The van der Waals surface area contributed by atoms with Crippen molar-refractivity contribution in [3.05, 3.63) is 129 Å². The van der Waals surface area contributed by atoms with Gasteiger partial charge in [0, 0.05) is 0 Å². The van der Waals surface area contributed by atoms with Crippen LogP contribution in [0.3, 0.4) is 0 Å². The first kappa shape index (κ1) is 42.4. The van der Waals surface area contributed by atoms with E-state index >= 15 is 0 Å². The van der Waals surface area contributed by atoms with Crippen molar-refractivity contribution in [2.24, 2.45) is 0 Å². The Morgan fingerprint density at radius 3 is 1.38 bits per heavy atom. The summed E-state index contributed by atoms with van der Waals surface area (Å²) in [6.07, 6.45) is 13.7. The van der Waals surface area contributed by atoms with Crippen molar-refractivity contribution in [3.63, 3.8) is 0 Å². The van der Waals surface area contributed by atoms with E-state index in [1.54, 1.807) is 0 Å². The first-order valence-corrected chi connectivity index (χ1v) is 31.5. The van der Waals surface area contributed by atoms with Crippen LogP contribution in [0.4, 0.5) is 0 Å². The van der Waals surface area contributed by atoms with Crippen LogP contribution in [0.25, 0.3) is 34.4 Å². The van der Waals surface area contributed by atoms with E-state index in [4.69, 9.17) is 17.0 Å². The predicted octanol–water partition coefficient (Wildman–Crippen LogP) is 13.5. The molecule has 56 heavy (non-hydrogen) atoms. The van der Waals surface area contributed by atoms with E-state index in [1.807, 2.05) is 0 Å². The van der Waals surface area contributed by atoms with Crippen LogP contribution in [0, 0.1) is 0 Å². The summed E-state index contributed by atoms with van der Waals surface area (Å²) in [4.78, 5) is 25.3. The summed E-state index contributed by atoms with van der Waals surface area (Å²) in [5.41, 5.74) is 14.3. The summed E-state index contributed by atoms with van der Waals surface area (Å²) in [6, 6.07) is 30.6. The van der Waals surface area contributed by atoms with Gasteiger partial charge >= 0.3 is 346 Å². The van der Waals surface area contributed by atoms with Crippen LogP contribution in [-0.4, -0.2) is 17.3 Å². The van der Waals surface area contributed by atoms with Gasteiger partial charge in [0.25, 0.3) is 0 Å². The van der Waals surface area contributed by atoms with E-state index in [2.05, 4.69) is 149 Å². The van der Waals surface area contributed by atoms with Crippen LogP contribution >= 0.6 is 17.0 Å². The molecule has 4 nitrogen and oxygen atoms in total. The Hall–Kier alpha value is -3.17. The molecule has 8 heteroatoms. The van der Waals surface area contributed by atoms with Crippen LogP contribution in [0.15, 0.2) is 96.1 Å². The molecule has 0 saturated heterocycles. The van der Waals surface area contributed by atoms with E-state index in [0.29, 0.717) is 24.7 Å². The molecule has 2 N–H and O–H groups in total. The molecule has 0 aliphatic heterocycles. The molecule has 0 radical (unpaired) electrons. The van der Waals surface area contributed by atoms with Crippen molar-refractivity contribution in [1.82, 2.24) is 10.5 Å².